The van der Waals surface area contributed by atoms with Crippen molar-refractivity contribution in [3.05, 3.63) is 0 Å². The smallest absolute Gasteiger partial charge is 0.314 e. The van der Waals surface area contributed by atoms with Crippen LogP contribution in [0.4, 0.5) is 0 Å². The number of rotatable bonds is 8. The maximum Gasteiger partial charge on any atom is 0.356 e. The van der Waals surface area contributed by atoms with Crippen molar-refractivity contribution in [2.24, 2.45) is 0 Å². The van der Waals surface area contributed by atoms with Gasteiger partial charge in [0.15, 0.2) is 0 Å². The van der Waals surface area contributed by atoms with Gasteiger partial charge in [-0.1, -0.05) is 26.2 Å². The van der Waals surface area contributed by atoms with Crippen LogP contribution >= 0.6 is 0 Å². The van der Waals surface area contributed by atoms with Gasteiger partial charge in [-0.2, -0.15) is 0 Å². The van der Waals surface area contributed by atoms with E-state index in [-0.39, 0.29) is 6.42 Å². The highest BCUT2D eigenvalue weighted by molar-refractivity contribution is 5.66. The van der Waals surface area contributed by atoms with E-state index >= 15 is 0 Å². The summed E-state index contributed by atoms with van der Waals surface area (Å²) in [6, 6.07) is 0.422. The summed E-state index contributed by atoms with van der Waals surface area (Å²) < 4.78 is 0. The van der Waals surface area contributed by atoms with Crippen molar-refractivity contribution in [1.29, 1.82) is 0 Å². The molecule has 1 unspecified atom stereocenters. The molecule has 0 aromatic rings. The van der Waals surface area contributed by atoms with Gasteiger partial charge in [0.1, 0.15) is 0 Å². The van der Waals surface area contributed by atoms with Crippen molar-refractivity contribution in [3.63, 3.8) is 0 Å². The number of unbranched alkanes of at least 4 members (excludes halogenated alkanes) is 2. The highest BCUT2D eigenvalue weighted by Crippen LogP contribution is 2.02. The lowest BCUT2D eigenvalue weighted by Gasteiger charge is -2.11. The Labute approximate surface area is 80.5 Å². The van der Waals surface area contributed by atoms with Crippen LogP contribution in [0.15, 0.2) is 0 Å². The quantitative estimate of drug-likeness (QED) is 0.588. The zero-order valence-corrected chi connectivity index (χ0v) is 8.64. The minimum Gasteiger partial charge on any atom is -0.314 e. The SMILES string of the molecule is CCCCCC(C)NCCC([O])=O. The lowest BCUT2D eigenvalue weighted by Crippen LogP contribution is -2.28. The topological polar surface area (TPSA) is 49.0 Å². The first-order chi connectivity index (χ1) is 6.16. The summed E-state index contributed by atoms with van der Waals surface area (Å²) in [6.45, 7) is 4.79. The van der Waals surface area contributed by atoms with Gasteiger partial charge in [0.25, 0.3) is 0 Å². The number of hydrogen-bond acceptors (Lipinski definition) is 2. The van der Waals surface area contributed by atoms with E-state index < -0.39 is 5.97 Å². The molecule has 0 amide bonds. The third-order valence-electron chi connectivity index (χ3n) is 2.06. The van der Waals surface area contributed by atoms with Crippen LogP contribution in [0.3, 0.4) is 0 Å². The summed E-state index contributed by atoms with van der Waals surface area (Å²) in [5.41, 5.74) is 0. The van der Waals surface area contributed by atoms with Crippen molar-refractivity contribution in [2.45, 2.75) is 52.0 Å². The van der Waals surface area contributed by atoms with Crippen LogP contribution in [0, 0.1) is 0 Å². The molecule has 1 N–H and O–H groups in total. The summed E-state index contributed by atoms with van der Waals surface area (Å²) in [6.07, 6.45) is 4.94. The largest absolute Gasteiger partial charge is 0.356 e. The van der Waals surface area contributed by atoms with Crippen LogP contribution in [0.1, 0.15) is 46.0 Å². The molecular formula is C10H20NO2. The highest BCUT2D eigenvalue weighted by atomic mass is 16.4. The standard InChI is InChI=1S/C10H20NO2/c1-3-4-5-6-9(2)11-8-7-10(12)13/h9,11H,3-8H2,1-2H3. The maximum absolute atomic E-state index is 10.1. The van der Waals surface area contributed by atoms with Crippen molar-refractivity contribution in [1.82, 2.24) is 5.32 Å². The number of carbonyl (C=O) groups is 1. The molecule has 3 heteroatoms. The van der Waals surface area contributed by atoms with E-state index in [4.69, 9.17) is 0 Å². The molecule has 0 spiro atoms. The molecule has 1 radical (unpaired) electrons. The fourth-order valence-corrected chi connectivity index (χ4v) is 1.22. The van der Waals surface area contributed by atoms with Gasteiger partial charge in [-0.15, -0.1) is 0 Å². The Morgan fingerprint density at radius 2 is 2.08 bits per heavy atom. The van der Waals surface area contributed by atoms with Gasteiger partial charge < -0.3 is 5.32 Å². The van der Waals surface area contributed by atoms with E-state index in [1.54, 1.807) is 0 Å². The van der Waals surface area contributed by atoms with E-state index in [9.17, 15) is 9.90 Å². The average molecular weight is 186 g/mol. The minimum atomic E-state index is -0.978. The van der Waals surface area contributed by atoms with E-state index in [1.807, 2.05) is 0 Å². The van der Waals surface area contributed by atoms with E-state index in [0.717, 1.165) is 6.42 Å². The van der Waals surface area contributed by atoms with Gasteiger partial charge in [0, 0.05) is 12.6 Å². The first-order valence-corrected chi connectivity index (χ1v) is 5.10. The van der Waals surface area contributed by atoms with Crippen LogP contribution in [-0.4, -0.2) is 18.6 Å². The van der Waals surface area contributed by atoms with Crippen LogP contribution in [0.25, 0.3) is 0 Å². The summed E-state index contributed by atoms with van der Waals surface area (Å²) in [7, 11) is 0. The molecule has 0 heterocycles. The summed E-state index contributed by atoms with van der Waals surface area (Å²) in [5.74, 6) is -0.978. The number of carbonyl (C=O) groups excluding carboxylic acids is 1. The normalized spacial score (nSPS) is 12.8. The van der Waals surface area contributed by atoms with Gasteiger partial charge in [0.05, 0.1) is 6.42 Å². The summed E-state index contributed by atoms with van der Waals surface area (Å²) >= 11 is 0. The van der Waals surface area contributed by atoms with Gasteiger partial charge in [-0.3, -0.25) is 0 Å². The molecule has 0 aliphatic heterocycles. The molecule has 0 aliphatic rings. The summed E-state index contributed by atoms with van der Waals surface area (Å²) in [5, 5.41) is 13.2. The Kier molecular flexibility index (Phi) is 7.69. The average Bonchev–Trinajstić information content (AvgIpc) is 2.04. The molecule has 0 aromatic heterocycles. The predicted octanol–water partition coefficient (Wildman–Crippen LogP) is 1.89. The molecule has 1 atom stereocenters. The van der Waals surface area contributed by atoms with Crippen molar-refractivity contribution < 1.29 is 9.90 Å². The molecule has 0 fully saturated rings. The molecule has 0 aromatic carbocycles. The predicted molar refractivity (Wildman–Crippen MR) is 51.9 cm³/mol. The molecule has 0 saturated carbocycles. The van der Waals surface area contributed by atoms with Gasteiger partial charge in [0.2, 0.25) is 0 Å². The Morgan fingerprint density at radius 3 is 2.62 bits per heavy atom. The molecule has 77 valence electrons. The van der Waals surface area contributed by atoms with Gasteiger partial charge >= 0.3 is 5.97 Å². The second kappa shape index (κ2) is 8.05. The fraction of sp³-hybridized carbons (Fsp3) is 0.900. The molecule has 0 saturated heterocycles. The van der Waals surface area contributed by atoms with E-state index in [1.165, 1.54) is 19.3 Å². The molecule has 3 nitrogen and oxygen atoms in total. The first-order valence-electron chi connectivity index (χ1n) is 5.10. The zero-order chi connectivity index (χ0) is 10.1. The molecule has 0 aliphatic carbocycles. The lowest BCUT2D eigenvalue weighted by molar-refractivity contribution is -0.142. The van der Waals surface area contributed by atoms with Crippen LogP contribution in [0.2, 0.25) is 0 Å². The van der Waals surface area contributed by atoms with Crippen molar-refractivity contribution in [3.8, 4) is 0 Å². The zero-order valence-electron chi connectivity index (χ0n) is 8.64. The fourth-order valence-electron chi connectivity index (χ4n) is 1.22. The lowest BCUT2D eigenvalue weighted by atomic mass is 10.1. The van der Waals surface area contributed by atoms with Crippen LogP contribution < -0.4 is 5.32 Å². The molecule has 0 bridgehead atoms. The van der Waals surface area contributed by atoms with Crippen molar-refractivity contribution in [2.75, 3.05) is 6.54 Å². The third kappa shape index (κ3) is 9.34. The Bertz CT molecular complexity index is 137. The summed E-state index contributed by atoms with van der Waals surface area (Å²) in [4.78, 5) is 10.1. The Hall–Kier alpha value is -0.570. The van der Waals surface area contributed by atoms with E-state index in [0.29, 0.717) is 12.6 Å². The second-order valence-corrected chi connectivity index (χ2v) is 3.47. The maximum atomic E-state index is 10.1. The monoisotopic (exact) mass is 186 g/mol. The number of hydrogen-bond donors (Lipinski definition) is 1. The van der Waals surface area contributed by atoms with E-state index in [2.05, 4.69) is 19.2 Å². The van der Waals surface area contributed by atoms with Gasteiger partial charge in [-0.25, -0.2) is 9.90 Å². The first kappa shape index (κ1) is 12.4. The molecule has 0 rings (SSSR count). The second-order valence-electron chi connectivity index (χ2n) is 3.47. The Morgan fingerprint density at radius 1 is 1.38 bits per heavy atom. The molecule has 13 heavy (non-hydrogen) atoms. The number of nitrogens with one attached hydrogen (secondary N) is 1. The minimum absolute atomic E-state index is 0.109. The van der Waals surface area contributed by atoms with Gasteiger partial charge in [-0.05, 0) is 13.3 Å². The highest BCUT2D eigenvalue weighted by Gasteiger charge is 2.02. The van der Waals surface area contributed by atoms with Crippen LogP contribution in [0.5, 0.6) is 0 Å². The van der Waals surface area contributed by atoms with Crippen LogP contribution in [-0.2, 0) is 9.90 Å². The molecular weight excluding hydrogens is 166 g/mol. The van der Waals surface area contributed by atoms with Crippen molar-refractivity contribution >= 4 is 5.97 Å². The Balaban J connectivity index is 3.19. The third-order valence-corrected chi connectivity index (χ3v) is 2.06.